The van der Waals surface area contributed by atoms with Gasteiger partial charge in [-0.25, -0.2) is 4.79 Å². The number of carbonyl (C=O) groups is 1. The Balaban J connectivity index is 2.29. The molecular formula is C12H12O3. The van der Waals surface area contributed by atoms with Crippen LogP contribution in [0.2, 0.25) is 0 Å². The summed E-state index contributed by atoms with van der Waals surface area (Å²) in [4.78, 5) is 11.4. The molecule has 15 heavy (non-hydrogen) atoms. The first-order chi connectivity index (χ1) is 7.20. The van der Waals surface area contributed by atoms with Crippen LogP contribution in [0.1, 0.15) is 5.56 Å². The summed E-state index contributed by atoms with van der Waals surface area (Å²) in [5.74, 6) is -0.420. The van der Waals surface area contributed by atoms with E-state index in [1.165, 1.54) is 7.11 Å². The van der Waals surface area contributed by atoms with Crippen molar-refractivity contribution in [1.29, 1.82) is 0 Å². The van der Waals surface area contributed by atoms with Gasteiger partial charge >= 0.3 is 5.97 Å². The second-order valence-corrected chi connectivity index (χ2v) is 3.45. The average Bonchev–Trinajstić information content (AvgIpc) is 3.09. The summed E-state index contributed by atoms with van der Waals surface area (Å²) in [6, 6.07) is 9.56. The summed E-state index contributed by atoms with van der Waals surface area (Å²) in [5.41, 5.74) is 0.658. The molecule has 0 bridgehead atoms. The molecule has 1 atom stereocenters. The third-order valence-electron chi connectivity index (χ3n) is 2.59. The van der Waals surface area contributed by atoms with Crippen molar-refractivity contribution in [2.75, 3.05) is 13.7 Å². The summed E-state index contributed by atoms with van der Waals surface area (Å²) in [5, 5.41) is 0. The molecule has 0 amide bonds. The summed E-state index contributed by atoms with van der Waals surface area (Å²) in [7, 11) is 1.34. The molecule has 1 aromatic carbocycles. The third-order valence-corrected chi connectivity index (χ3v) is 2.59. The van der Waals surface area contributed by atoms with Gasteiger partial charge in [-0.1, -0.05) is 36.9 Å². The molecule has 1 aliphatic rings. The molecule has 0 saturated carbocycles. The molecule has 1 unspecified atom stereocenters. The Kier molecular flexibility index (Phi) is 2.32. The van der Waals surface area contributed by atoms with E-state index in [0.717, 1.165) is 5.56 Å². The van der Waals surface area contributed by atoms with Crippen molar-refractivity contribution >= 4 is 5.97 Å². The minimum atomic E-state index is -0.644. The molecule has 1 aliphatic heterocycles. The van der Waals surface area contributed by atoms with Crippen molar-refractivity contribution in [3.05, 3.63) is 48.0 Å². The zero-order valence-electron chi connectivity index (χ0n) is 8.53. The molecule has 1 saturated heterocycles. The Hall–Kier alpha value is -1.61. The minimum Gasteiger partial charge on any atom is -0.466 e. The van der Waals surface area contributed by atoms with Crippen LogP contribution >= 0.6 is 0 Å². The number of methoxy groups -OCH3 is 1. The number of hydrogen-bond donors (Lipinski definition) is 0. The average molecular weight is 204 g/mol. The standard InChI is InChI=1S/C12H12O3/c1-9(11(13)14-2)12(8-15-12)10-6-4-3-5-7-10/h3-7H,1,8H2,2H3. The van der Waals surface area contributed by atoms with Gasteiger partial charge in [0, 0.05) is 0 Å². The van der Waals surface area contributed by atoms with Crippen LogP contribution in [0.25, 0.3) is 0 Å². The summed E-state index contributed by atoms with van der Waals surface area (Å²) in [6.07, 6.45) is 0. The van der Waals surface area contributed by atoms with Crippen LogP contribution in [0.4, 0.5) is 0 Å². The Labute approximate surface area is 88.3 Å². The van der Waals surface area contributed by atoms with E-state index in [1.54, 1.807) is 0 Å². The number of rotatable bonds is 3. The molecule has 1 fully saturated rings. The minimum absolute atomic E-state index is 0.358. The van der Waals surface area contributed by atoms with Crippen molar-refractivity contribution in [3.8, 4) is 0 Å². The van der Waals surface area contributed by atoms with Crippen molar-refractivity contribution in [3.63, 3.8) is 0 Å². The zero-order chi connectivity index (χ0) is 10.9. The predicted molar refractivity (Wildman–Crippen MR) is 55.2 cm³/mol. The van der Waals surface area contributed by atoms with Gasteiger partial charge < -0.3 is 9.47 Å². The van der Waals surface area contributed by atoms with E-state index in [-0.39, 0.29) is 0 Å². The molecular weight excluding hydrogens is 192 g/mol. The Morgan fingerprint density at radius 3 is 2.53 bits per heavy atom. The lowest BCUT2D eigenvalue weighted by molar-refractivity contribution is -0.136. The highest BCUT2D eigenvalue weighted by molar-refractivity contribution is 5.91. The second kappa shape index (κ2) is 3.51. The van der Waals surface area contributed by atoms with Gasteiger partial charge in [0.1, 0.15) is 5.60 Å². The third kappa shape index (κ3) is 1.55. The van der Waals surface area contributed by atoms with Crippen molar-refractivity contribution in [1.82, 2.24) is 0 Å². The lowest BCUT2D eigenvalue weighted by Crippen LogP contribution is -2.19. The van der Waals surface area contributed by atoms with Crippen molar-refractivity contribution in [2.45, 2.75) is 5.60 Å². The molecule has 78 valence electrons. The molecule has 0 spiro atoms. The predicted octanol–water partition coefficient (Wildman–Crippen LogP) is 1.64. The highest BCUT2D eigenvalue weighted by Gasteiger charge is 2.51. The maximum atomic E-state index is 11.4. The van der Waals surface area contributed by atoms with Crippen molar-refractivity contribution < 1.29 is 14.3 Å². The first-order valence-corrected chi connectivity index (χ1v) is 4.68. The normalized spacial score (nSPS) is 23.3. The molecule has 3 nitrogen and oxygen atoms in total. The van der Waals surface area contributed by atoms with Gasteiger partial charge in [-0.15, -0.1) is 0 Å². The van der Waals surface area contributed by atoms with Crippen LogP contribution in [0, 0.1) is 0 Å². The van der Waals surface area contributed by atoms with Gasteiger partial charge in [0.2, 0.25) is 0 Å². The molecule has 0 N–H and O–H groups in total. The highest BCUT2D eigenvalue weighted by Crippen LogP contribution is 2.44. The van der Waals surface area contributed by atoms with Crippen LogP contribution in [0.5, 0.6) is 0 Å². The van der Waals surface area contributed by atoms with Crippen LogP contribution < -0.4 is 0 Å². The number of epoxide rings is 1. The van der Waals surface area contributed by atoms with Crippen molar-refractivity contribution in [2.24, 2.45) is 0 Å². The number of ether oxygens (including phenoxy) is 2. The SMILES string of the molecule is C=C(C(=O)OC)C1(c2ccccc2)CO1. The zero-order valence-corrected chi connectivity index (χ0v) is 8.53. The monoisotopic (exact) mass is 204 g/mol. The van der Waals surface area contributed by atoms with E-state index in [2.05, 4.69) is 11.3 Å². The Morgan fingerprint density at radius 1 is 1.47 bits per heavy atom. The van der Waals surface area contributed by atoms with Gasteiger partial charge in [-0.2, -0.15) is 0 Å². The maximum Gasteiger partial charge on any atom is 0.336 e. The topological polar surface area (TPSA) is 38.8 Å². The van der Waals surface area contributed by atoms with Crippen LogP contribution in [0.3, 0.4) is 0 Å². The first kappa shape index (κ1) is 9.93. The Bertz CT molecular complexity index is 391. The molecule has 3 heteroatoms. The Morgan fingerprint density at radius 2 is 2.07 bits per heavy atom. The first-order valence-electron chi connectivity index (χ1n) is 4.68. The smallest absolute Gasteiger partial charge is 0.336 e. The molecule has 0 aliphatic carbocycles. The molecule has 0 aromatic heterocycles. The van der Waals surface area contributed by atoms with Crippen LogP contribution in [-0.4, -0.2) is 19.7 Å². The van der Waals surface area contributed by atoms with E-state index in [1.807, 2.05) is 30.3 Å². The largest absolute Gasteiger partial charge is 0.466 e. The summed E-state index contributed by atoms with van der Waals surface area (Å²) < 4.78 is 10.0. The van der Waals surface area contributed by atoms with Gasteiger partial charge in [0.15, 0.2) is 0 Å². The van der Waals surface area contributed by atoms with E-state index in [4.69, 9.17) is 4.74 Å². The lowest BCUT2D eigenvalue weighted by Gasteiger charge is -2.13. The van der Waals surface area contributed by atoms with Crippen LogP contribution in [-0.2, 0) is 19.9 Å². The van der Waals surface area contributed by atoms with E-state index in [0.29, 0.717) is 12.2 Å². The molecule has 0 radical (unpaired) electrons. The summed E-state index contributed by atoms with van der Waals surface area (Å²) >= 11 is 0. The maximum absolute atomic E-state index is 11.4. The fourth-order valence-corrected chi connectivity index (χ4v) is 1.58. The number of esters is 1. The number of benzene rings is 1. The van der Waals surface area contributed by atoms with Gasteiger partial charge in [0.05, 0.1) is 19.3 Å². The van der Waals surface area contributed by atoms with E-state index >= 15 is 0 Å². The highest BCUT2D eigenvalue weighted by atomic mass is 16.6. The molecule has 2 rings (SSSR count). The number of hydrogen-bond acceptors (Lipinski definition) is 3. The van der Waals surface area contributed by atoms with Crippen LogP contribution in [0.15, 0.2) is 42.5 Å². The van der Waals surface area contributed by atoms with E-state index < -0.39 is 11.6 Å². The van der Waals surface area contributed by atoms with E-state index in [9.17, 15) is 4.79 Å². The lowest BCUT2D eigenvalue weighted by atomic mass is 9.93. The fourth-order valence-electron chi connectivity index (χ4n) is 1.58. The quantitative estimate of drug-likeness (QED) is 0.427. The number of carbonyl (C=O) groups excluding carboxylic acids is 1. The second-order valence-electron chi connectivity index (χ2n) is 3.45. The van der Waals surface area contributed by atoms with Gasteiger partial charge in [0.25, 0.3) is 0 Å². The molecule has 1 heterocycles. The fraction of sp³-hybridized carbons (Fsp3) is 0.250. The van der Waals surface area contributed by atoms with Gasteiger partial charge in [-0.3, -0.25) is 0 Å². The van der Waals surface area contributed by atoms with Gasteiger partial charge in [-0.05, 0) is 5.56 Å². The summed E-state index contributed by atoms with van der Waals surface area (Å²) in [6.45, 7) is 4.23. The molecule has 1 aromatic rings.